The van der Waals surface area contributed by atoms with Crippen LogP contribution in [0.5, 0.6) is 11.5 Å². The van der Waals surface area contributed by atoms with E-state index in [-0.39, 0.29) is 17.5 Å². The highest BCUT2D eigenvalue weighted by Crippen LogP contribution is 2.49. The lowest BCUT2D eigenvalue weighted by Gasteiger charge is -2.41. The molecule has 0 bridgehead atoms. The van der Waals surface area contributed by atoms with E-state index in [1.165, 1.54) is 32.7 Å². The second kappa shape index (κ2) is 20.2. The number of anilines is 3. The average molecular weight is 1140 g/mol. The van der Waals surface area contributed by atoms with Crippen molar-refractivity contribution >= 4 is 83.8 Å². The van der Waals surface area contributed by atoms with Gasteiger partial charge in [-0.2, -0.15) is 10.5 Å². The maximum absolute atomic E-state index is 10.9. The molecule has 422 valence electrons. The number of hydrogen-bond acceptors (Lipinski definition) is 4. The molecule has 0 N–H and O–H groups in total. The third-order valence-electron chi connectivity index (χ3n) is 18.5. The lowest BCUT2D eigenvalue weighted by Crippen LogP contribution is -2.59. The van der Waals surface area contributed by atoms with Crippen molar-refractivity contribution in [3.8, 4) is 79.5 Å². The summed E-state index contributed by atoms with van der Waals surface area (Å²) >= 11 is 0. The van der Waals surface area contributed by atoms with Crippen molar-refractivity contribution in [3.05, 3.63) is 277 Å². The van der Waals surface area contributed by atoms with Crippen LogP contribution in [-0.4, -0.2) is 15.8 Å². The third-order valence-corrected chi connectivity index (χ3v) is 18.5. The molecular weight excluding hydrogens is 1080 g/mol. The minimum atomic E-state index is -0.274. The van der Waals surface area contributed by atoms with Crippen molar-refractivity contribution in [1.29, 1.82) is 10.5 Å². The van der Waals surface area contributed by atoms with Gasteiger partial charge in [0.1, 0.15) is 11.5 Å². The molecule has 4 heterocycles. The van der Waals surface area contributed by atoms with Crippen molar-refractivity contribution in [3.63, 3.8) is 0 Å². The van der Waals surface area contributed by atoms with Gasteiger partial charge in [0.15, 0.2) is 0 Å². The predicted molar refractivity (Wildman–Crippen MR) is 370 cm³/mol. The Labute approximate surface area is 519 Å². The van der Waals surface area contributed by atoms with Crippen LogP contribution in [0.1, 0.15) is 63.8 Å². The van der Waals surface area contributed by atoms with Gasteiger partial charge in [0.25, 0.3) is 6.71 Å². The summed E-state index contributed by atoms with van der Waals surface area (Å²) in [6.45, 7) is 13.5. The summed E-state index contributed by atoms with van der Waals surface area (Å²) in [7, 11) is 0. The molecule has 0 amide bonds. The van der Waals surface area contributed by atoms with Crippen molar-refractivity contribution in [2.45, 2.75) is 52.4 Å². The van der Waals surface area contributed by atoms with Crippen molar-refractivity contribution < 1.29 is 4.74 Å². The van der Waals surface area contributed by atoms with E-state index in [2.05, 4.69) is 310 Å². The van der Waals surface area contributed by atoms with Crippen LogP contribution >= 0.6 is 0 Å². The van der Waals surface area contributed by atoms with Crippen LogP contribution in [0.15, 0.2) is 255 Å². The van der Waals surface area contributed by atoms with Crippen molar-refractivity contribution in [2.24, 2.45) is 0 Å². The van der Waals surface area contributed by atoms with Gasteiger partial charge in [0.05, 0.1) is 56.7 Å². The van der Waals surface area contributed by atoms with E-state index in [1.807, 2.05) is 12.1 Å². The molecule has 0 unspecified atom stereocenters. The number of hydrogen-bond donors (Lipinski definition) is 0. The third kappa shape index (κ3) is 8.60. The molecule has 12 aromatic carbocycles. The van der Waals surface area contributed by atoms with Crippen molar-refractivity contribution in [2.75, 3.05) is 4.90 Å². The van der Waals surface area contributed by atoms with Crippen LogP contribution in [0, 0.1) is 22.7 Å². The largest absolute Gasteiger partial charge is 0.458 e. The van der Waals surface area contributed by atoms with E-state index >= 15 is 0 Å². The molecule has 0 atom stereocenters. The molecule has 0 saturated heterocycles. The standard InChI is InChI=1S/C82H60BN5O/c1-81(2,3)58-41-56(42-59(47-58)82(4,5)6)57-44-77-80-79(46-57)89-78-45-54(66-48-60(36-33-55(66)50-85)86-71-28-16-11-23-62(71)63-24-12-17-29-72(63)86)35-38-69(78)83(80)68-37-34-53(43-76(68)88(77)70-27-15-10-22-61(70)52-20-8-7-9-21-52)67-40-51(49-84)32-39-75(67)87-73-30-18-13-25-64(73)65-26-14-19-31-74(65)87/h7-48H,1-6H3. The molecule has 89 heavy (non-hydrogen) atoms. The van der Waals surface area contributed by atoms with Gasteiger partial charge in [-0.1, -0.05) is 205 Å². The molecule has 0 saturated carbocycles. The van der Waals surface area contributed by atoms with Crippen LogP contribution in [-0.2, 0) is 10.8 Å². The van der Waals surface area contributed by atoms with Gasteiger partial charge in [-0.15, -0.1) is 0 Å². The number of ether oxygens (including phenoxy) is 1. The Morgan fingerprint density at radius 3 is 1.52 bits per heavy atom. The highest BCUT2D eigenvalue weighted by atomic mass is 16.5. The lowest BCUT2D eigenvalue weighted by molar-refractivity contribution is 0.488. The first kappa shape index (κ1) is 53.4. The first-order valence-corrected chi connectivity index (χ1v) is 30.6. The zero-order valence-corrected chi connectivity index (χ0v) is 50.5. The number of para-hydroxylation sites is 5. The second-order valence-electron chi connectivity index (χ2n) is 25.9. The van der Waals surface area contributed by atoms with Gasteiger partial charge in [0.2, 0.25) is 0 Å². The van der Waals surface area contributed by atoms with Gasteiger partial charge in [-0.05, 0) is 157 Å². The highest BCUT2D eigenvalue weighted by molar-refractivity contribution is 6.99. The molecule has 16 rings (SSSR count). The summed E-state index contributed by atoms with van der Waals surface area (Å²) in [4.78, 5) is 2.48. The summed E-state index contributed by atoms with van der Waals surface area (Å²) in [6, 6.07) is 96.4. The summed E-state index contributed by atoms with van der Waals surface area (Å²) in [5, 5.41) is 26.3. The van der Waals surface area contributed by atoms with E-state index < -0.39 is 0 Å². The maximum Gasteiger partial charge on any atom is 0.256 e. The minimum Gasteiger partial charge on any atom is -0.458 e. The summed E-state index contributed by atoms with van der Waals surface area (Å²) in [6.07, 6.45) is 0. The summed E-state index contributed by atoms with van der Waals surface area (Å²) in [5.74, 6) is 1.51. The molecule has 2 aliphatic rings. The predicted octanol–water partition coefficient (Wildman–Crippen LogP) is 19.3. The van der Waals surface area contributed by atoms with Crippen LogP contribution in [0.4, 0.5) is 17.1 Å². The highest BCUT2D eigenvalue weighted by Gasteiger charge is 2.43. The van der Waals surface area contributed by atoms with Crippen LogP contribution in [0.25, 0.3) is 99.5 Å². The Morgan fingerprint density at radius 2 is 0.899 bits per heavy atom. The average Bonchev–Trinajstić information content (AvgIpc) is 1.44. The Bertz CT molecular complexity index is 5230. The van der Waals surface area contributed by atoms with Crippen LogP contribution in [0.2, 0.25) is 0 Å². The first-order chi connectivity index (χ1) is 43.3. The molecule has 0 spiro atoms. The maximum atomic E-state index is 10.9. The van der Waals surface area contributed by atoms with Crippen LogP contribution in [0.3, 0.4) is 0 Å². The normalized spacial score (nSPS) is 12.6. The molecule has 0 radical (unpaired) electrons. The Hall–Kier alpha value is -11.1. The fourth-order valence-corrected chi connectivity index (χ4v) is 14.1. The zero-order chi connectivity index (χ0) is 60.4. The number of nitriles is 2. The van der Waals surface area contributed by atoms with E-state index in [4.69, 9.17) is 4.74 Å². The SMILES string of the molecule is CC(C)(C)c1cc(-c2cc3c4c(c2)N(c2ccccc2-c2ccccc2)c2cc(-c5cc(C#N)ccc5-n5c6ccccc6c6ccccc65)ccc2B4c2ccc(-c4cc(-n5c6ccccc6c6ccccc65)ccc4C#N)cc2O3)cc(C(C)(C)C)c1. The topological polar surface area (TPSA) is 69.9 Å². The Morgan fingerprint density at radius 1 is 0.360 bits per heavy atom. The molecule has 2 aromatic heterocycles. The zero-order valence-electron chi connectivity index (χ0n) is 50.5. The Balaban J connectivity index is 0.966. The number of rotatable bonds is 7. The van der Waals surface area contributed by atoms with Gasteiger partial charge in [0, 0.05) is 55.3 Å². The van der Waals surface area contributed by atoms with Crippen LogP contribution < -0.4 is 26.0 Å². The molecule has 7 heteroatoms. The molecular formula is C82H60BN5O. The first-order valence-electron chi connectivity index (χ1n) is 30.6. The van der Waals surface area contributed by atoms with E-state index in [1.54, 1.807) is 0 Å². The quantitative estimate of drug-likeness (QED) is 0.149. The fourth-order valence-electron chi connectivity index (χ4n) is 14.1. The molecule has 6 nitrogen and oxygen atoms in total. The monoisotopic (exact) mass is 1140 g/mol. The van der Waals surface area contributed by atoms with Gasteiger partial charge < -0.3 is 18.8 Å². The fraction of sp³-hybridized carbons (Fsp3) is 0.0976. The van der Waals surface area contributed by atoms with Crippen molar-refractivity contribution in [1.82, 2.24) is 9.13 Å². The number of benzene rings is 12. The number of aromatic nitrogens is 2. The number of nitrogens with zero attached hydrogens (tertiary/aromatic N) is 5. The Kier molecular flexibility index (Phi) is 12.1. The van der Waals surface area contributed by atoms with E-state index in [9.17, 15) is 10.5 Å². The second-order valence-corrected chi connectivity index (χ2v) is 25.9. The van der Waals surface area contributed by atoms with E-state index in [0.717, 1.165) is 123 Å². The van der Waals surface area contributed by atoms with E-state index in [0.29, 0.717) is 11.1 Å². The summed E-state index contributed by atoms with van der Waals surface area (Å²) in [5.41, 5.74) is 24.0. The van der Waals surface area contributed by atoms with Gasteiger partial charge in [-0.25, -0.2) is 0 Å². The smallest absolute Gasteiger partial charge is 0.256 e. The molecule has 0 aliphatic carbocycles. The minimum absolute atomic E-state index is 0.131. The molecule has 0 fully saturated rings. The summed E-state index contributed by atoms with van der Waals surface area (Å²) < 4.78 is 12.2. The molecule has 2 aliphatic heterocycles. The van der Waals surface area contributed by atoms with Gasteiger partial charge in [-0.3, -0.25) is 0 Å². The molecule has 14 aromatic rings. The van der Waals surface area contributed by atoms with Gasteiger partial charge >= 0.3 is 0 Å². The number of fused-ring (bicyclic) bond motifs is 10. The lowest BCUT2D eigenvalue weighted by atomic mass is 9.34.